The summed E-state index contributed by atoms with van der Waals surface area (Å²) in [6.45, 7) is 2.56. The third-order valence-corrected chi connectivity index (χ3v) is 4.33. The minimum Gasteiger partial charge on any atom is -0.393 e. The lowest BCUT2D eigenvalue weighted by atomic mass is 10.1. The summed E-state index contributed by atoms with van der Waals surface area (Å²) in [4.78, 5) is 14.8. The smallest absolute Gasteiger partial charge is 0.174 e. The number of aliphatic hydroxyl groups is 1. The fraction of sp³-hybridized carbons (Fsp3) is 0.583. The number of carbonyl (C=O) groups excluding carboxylic acids is 1. The van der Waals surface area contributed by atoms with Gasteiger partial charge in [0.2, 0.25) is 0 Å². The molecule has 0 aliphatic carbocycles. The SMILES string of the molecule is O=C(CCN1CCC(O)CC1)c1ccc(Cl)s1. The maximum atomic E-state index is 11.8. The fourth-order valence-electron chi connectivity index (χ4n) is 1.99. The lowest BCUT2D eigenvalue weighted by molar-refractivity contribution is 0.0779. The fourth-order valence-corrected chi connectivity index (χ4v) is 3.00. The van der Waals surface area contributed by atoms with Crippen molar-refractivity contribution < 1.29 is 9.90 Å². The van der Waals surface area contributed by atoms with E-state index >= 15 is 0 Å². The van der Waals surface area contributed by atoms with E-state index in [1.165, 1.54) is 11.3 Å². The number of halogens is 1. The van der Waals surface area contributed by atoms with Crippen LogP contribution in [0.5, 0.6) is 0 Å². The molecule has 0 atom stereocenters. The number of nitrogens with zero attached hydrogens (tertiary/aromatic N) is 1. The van der Waals surface area contributed by atoms with Crippen LogP contribution >= 0.6 is 22.9 Å². The molecule has 5 heteroatoms. The zero-order valence-electron chi connectivity index (χ0n) is 9.56. The van der Waals surface area contributed by atoms with Gasteiger partial charge < -0.3 is 10.0 Å². The monoisotopic (exact) mass is 273 g/mol. The molecule has 0 amide bonds. The molecule has 1 aromatic rings. The van der Waals surface area contributed by atoms with E-state index in [0.717, 1.165) is 37.4 Å². The topological polar surface area (TPSA) is 40.5 Å². The summed E-state index contributed by atoms with van der Waals surface area (Å²) >= 11 is 7.14. The van der Waals surface area contributed by atoms with E-state index in [9.17, 15) is 9.90 Å². The average molecular weight is 274 g/mol. The number of carbonyl (C=O) groups is 1. The van der Waals surface area contributed by atoms with Crippen LogP contribution in [0.4, 0.5) is 0 Å². The van der Waals surface area contributed by atoms with Crippen molar-refractivity contribution >= 4 is 28.7 Å². The van der Waals surface area contributed by atoms with Gasteiger partial charge in [0.1, 0.15) is 0 Å². The largest absolute Gasteiger partial charge is 0.393 e. The predicted molar refractivity (Wildman–Crippen MR) is 70.0 cm³/mol. The minimum atomic E-state index is -0.155. The van der Waals surface area contributed by atoms with Crippen molar-refractivity contribution in [3.63, 3.8) is 0 Å². The van der Waals surface area contributed by atoms with Crippen molar-refractivity contribution in [3.8, 4) is 0 Å². The molecule has 1 aliphatic heterocycles. The molecule has 2 heterocycles. The first-order chi connectivity index (χ1) is 8.15. The molecule has 1 aromatic heterocycles. The lowest BCUT2D eigenvalue weighted by Gasteiger charge is -2.29. The summed E-state index contributed by atoms with van der Waals surface area (Å²) in [5.41, 5.74) is 0. The van der Waals surface area contributed by atoms with Gasteiger partial charge >= 0.3 is 0 Å². The highest BCUT2D eigenvalue weighted by atomic mass is 35.5. The zero-order chi connectivity index (χ0) is 12.3. The van der Waals surface area contributed by atoms with Crippen LogP contribution in [-0.2, 0) is 0 Å². The summed E-state index contributed by atoms with van der Waals surface area (Å²) in [6, 6.07) is 3.55. The quantitative estimate of drug-likeness (QED) is 0.857. The molecule has 1 N–H and O–H groups in total. The Balaban J connectivity index is 1.76. The molecule has 0 aromatic carbocycles. The van der Waals surface area contributed by atoms with Crippen LogP contribution in [0.15, 0.2) is 12.1 Å². The number of Topliss-reactive ketones (excluding diaryl/α,β-unsaturated/α-hetero) is 1. The molecule has 0 spiro atoms. The Morgan fingerprint density at radius 1 is 1.47 bits per heavy atom. The van der Waals surface area contributed by atoms with Crippen LogP contribution in [0.1, 0.15) is 28.9 Å². The van der Waals surface area contributed by atoms with Gasteiger partial charge in [-0.1, -0.05) is 11.6 Å². The van der Waals surface area contributed by atoms with Crippen molar-refractivity contribution in [1.82, 2.24) is 4.90 Å². The number of rotatable bonds is 4. The Morgan fingerprint density at radius 3 is 2.76 bits per heavy atom. The molecule has 94 valence electrons. The highest BCUT2D eigenvalue weighted by molar-refractivity contribution is 7.18. The van der Waals surface area contributed by atoms with Crippen LogP contribution in [0, 0.1) is 0 Å². The van der Waals surface area contributed by atoms with Crippen molar-refractivity contribution in [2.75, 3.05) is 19.6 Å². The molecule has 0 radical (unpaired) electrons. The first-order valence-electron chi connectivity index (χ1n) is 5.84. The van der Waals surface area contributed by atoms with E-state index in [4.69, 9.17) is 11.6 Å². The van der Waals surface area contributed by atoms with Gasteiger partial charge in [-0.3, -0.25) is 4.79 Å². The maximum Gasteiger partial charge on any atom is 0.174 e. The summed E-state index contributed by atoms with van der Waals surface area (Å²) in [7, 11) is 0. The predicted octanol–water partition coefficient (Wildman–Crippen LogP) is 2.43. The summed E-state index contributed by atoms with van der Waals surface area (Å²) in [6.07, 6.45) is 2.02. The zero-order valence-corrected chi connectivity index (χ0v) is 11.1. The van der Waals surface area contributed by atoms with Crippen molar-refractivity contribution in [2.24, 2.45) is 0 Å². The number of thiophene rings is 1. The standard InChI is InChI=1S/C12H16ClNO2S/c13-12-2-1-11(17-12)10(16)5-8-14-6-3-9(15)4-7-14/h1-2,9,15H,3-8H2. The lowest BCUT2D eigenvalue weighted by Crippen LogP contribution is -2.37. The summed E-state index contributed by atoms with van der Waals surface area (Å²) in [5.74, 6) is 0.160. The molecule has 0 unspecified atom stereocenters. The Hall–Kier alpha value is -0.420. The number of likely N-dealkylation sites (tertiary alicyclic amines) is 1. The molecule has 3 nitrogen and oxygen atoms in total. The Morgan fingerprint density at radius 2 is 2.18 bits per heavy atom. The highest BCUT2D eigenvalue weighted by Crippen LogP contribution is 2.22. The molecule has 2 rings (SSSR count). The van der Waals surface area contributed by atoms with Gasteiger partial charge in [0.25, 0.3) is 0 Å². The van der Waals surface area contributed by atoms with E-state index in [1.807, 2.05) is 0 Å². The number of hydrogen-bond acceptors (Lipinski definition) is 4. The van der Waals surface area contributed by atoms with E-state index in [0.29, 0.717) is 10.8 Å². The first-order valence-corrected chi connectivity index (χ1v) is 7.03. The van der Waals surface area contributed by atoms with Gasteiger partial charge in [-0.2, -0.15) is 0 Å². The second-order valence-electron chi connectivity index (χ2n) is 4.35. The number of hydrogen-bond donors (Lipinski definition) is 1. The van der Waals surface area contributed by atoms with Gasteiger partial charge in [-0.15, -0.1) is 11.3 Å². The molecule has 1 saturated heterocycles. The number of ketones is 1. The Labute approximate surface area is 110 Å². The molecule has 1 aliphatic rings. The molecule has 1 fully saturated rings. The molecule has 0 saturated carbocycles. The van der Waals surface area contributed by atoms with Gasteiger partial charge in [0.15, 0.2) is 5.78 Å². The summed E-state index contributed by atoms with van der Waals surface area (Å²) in [5, 5.41) is 9.38. The normalized spacial score (nSPS) is 18.5. The molecular weight excluding hydrogens is 258 g/mol. The van der Waals surface area contributed by atoms with Crippen LogP contribution in [0.2, 0.25) is 4.34 Å². The Kier molecular flexibility index (Phi) is 4.56. The van der Waals surface area contributed by atoms with Gasteiger partial charge in [0, 0.05) is 26.1 Å². The van der Waals surface area contributed by atoms with E-state index < -0.39 is 0 Å². The van der Waals surface area contributed by atoms with Crippen LogP contribution in [0.25, 0.3) is 0 Å². The van der Waals surface area contributed by atoms with Gasteiger partial charge in [-0.05, 0) is 25.0 Å². The van der Waals surface area contributed by atoms with Gasteiger partial charge in [-0.25, -0.2) is 0 Å². The second-order valence-corrected chi connectivity index (χ2v) is 6.06. The number of piperidine rings is 1. The van der Waals surface area contributed by atoms with Crippen LogP contribution in [-0.4, -0.2) is 41.5 Å². The van der Waals surface area contributed by atoms with Crippen molar-refractivity contribution in [3.05, 3.63) is 21.3 Å². The van der Waals surface area contributed by atoms with E-state index in [-0.39, 0.29) is 11.9 Å². The summed E-state index contributed by atoms with van der Waals surface area (Å²) < 4.78 is 0.662. The highest BCUT2D eigenvalue weighted by Gasteiger charge is 2.18. The van der Waals surface area contributed by atoms with Crippen LogP contribution in [0.3, 0.4) is 0 Å². The van der Waals surface area contributed by atoms with Gasteiger partial charge in [0.05, 0.1) is 15.3 Å². The molecule has 17 heavy (non-hydrogen) atoms. The first kappa shape index (κ1) is 13.0. The third kappa shape index (κ3) is 3.78. The third-order valence-electron chi connectivity index (χ3n) is 3.06. The molecular formula is C12H16ClNO2S. The Bertz CT molecular complexity index is 386. The average Bonchev–Trinajstić information content (AvgIpc) is 2.75. The number of aliphatic hydroxyl groups excluding tert-OH is 1. The molecule has 0 bridgehead atoms. The van der Waals surface area contributed by atoms with Crippen molar-refractivity contribution in [2.45, 2.75) is 25.4 Å². The minimum absolute atomic E-state index is 0.155. The second kappa shape index (κ2) is 5.96. The van der Waals surface area contributed by atoms with Crippen LogP contribution < -0.4 is 0 Å². The van der Waals surface area contributed by atoms with E-state index in [1.54, 1.807) is 12.1 Å². The van der Waals surface area contributed by atoms with Crippen molar-refractivity contribution in [1.29, 1.82) is 0 Å². The maximum absolute atomic E-state index is 11.8. The van der Waals surface area contributed by atoms with E-state index in [2.05, 4.69) is 4.90 Å².